The zero-order chi connectivity index (χ0) is 22.0. The van der Waals surface area contributed by atoms with Crippen molar-refractivity contribution in [2.24, 2.45) is 13.0 Å². The number of piperidine rings is 1. The number of benzene rings is 2. The summed E-state index contributed by atoms with van der Waals surface area (Å²) in [6, 6.07) is 15.2. The molecule has 2 aromatic carbocycles. The van der Waals surface area contributed by atoms with Gasteiger partial charge in [0.2, 0.25) is 15.9 Å². The van der Waals surface area contributed by atoms with E-state index in [2.05, 4.69) is 5.32 Å². The molecular formula is C23H27N3O3S2. The van der Waals surface area contributed by atoms with Gasteiger partial charge in [-0.2, -0.15) is 4.31 Å². The molecule has 0 spiro atoms. The number of amides is 1. The van der Waals surface area contributed by atoms with E-state index in [0.29, 0.717) is 25.9 Å². The van der Waals surface area contributed by atoms with E-state index >= 15 is 0 Å². The van der Waals surface area contributed by atoms with Crippen molar-refractivity contribution in [1.29, 1.82) is 0 Å². The lowest BCUT2D eigenvalue weighted by atomic mass is 9.99. The van der Waals surface area contributed by atoms with E-state index in [1.807, 2.05) is 60.5 Å². The average molecular weight is 458 g/mol. The smallest absolute Gasteiger partial charge is 0.243 e. The highest BCUT2D eigenvalue weighted by Crippen LogP contribution is 2.26. The minimum Gasteiger partial charge on any atom is -0.352 e. The Kier molecular flexibility index (Phi) is 6.41. The molecule has 4 rings (SSSR count). The fourth-order valence-corrected chi connectivity index (χ4v) is 5.99. The number of rotatable bonds is 6. The summed E-state index contributed by atoms with van der Waals surface area (Å²) >= 11 is 1.68. The van der Waals surface area contributed by atoms with E-state index in [1.165, 1.54) is 9.20 Å². The molecule has 0 saturated carbocycles. The first kappa shape index (κ1) is 21.9. The Bertz CT molecular complexity index is 1190. The van der Waals surface area contributed by atoms with Crippen LogP contribution in [-0.4, -0.2) is 42.5 Å². The van der Waals surface area contributed by atoms with Gasteiger partial charge < -0.3 is 9.88 Å². The summed E-state index contributed by atoms with van der Waals surface area (Å²) in [5, 5.41) is 3.87. The molecular weight excluding hydrogens is 430 g/mol. The van der Waals surface area contributed by atoms with Crippen molar-refractivity contribution < 1.29 is 13.2 Å². The Balaban J connectivity index is 1.43. The highest BCUT2D eigenvalue weighted by atomic mass is 32.2. The lowest BCUT2D eigenvalue weighted by Crippen LogP contribution is -2.45. The summed E-state index contributed by atoms with van der Waals surface area (Å²) in [6.07, 6.45) is 5.31. The van der Waals surface area contributed by atoms with Crippen LogP contribution in [0.25, 0.3) is 10.9 Å². The molecule has 31 heavy (non-hydrogen) atoms. The SMILES string of the molecule is CSc1ccc(CNC(=O)[C@H]2CCCN(S(=O)(=O)c3ccc4c(ccn4C)c3)C2)cc1. The minimum absolute atomic E-state index is 0.0904. The summed E-state index contributed by atoms with van der Waals surface area (Å²) in [5.74, 6) is -0.429. The summed E-state index contributed by atoms with van der Waals surface area (Å²) in [6.45, 7) is 1.10. The summed E-state index contributed by atoms with van der Waals surface area (Å²) in [7, 11) is -1.71. The van der Waals surface area contributed by atoms with Crippen molar-refractivity contribution in [2.45, 2.75) is 29.2 Å². The summed E-state index contributed by atoms with van der Waals surface area (Å²) in [4.78, 5) is 14.2. The van der Waals surface area contributed by atoms with Crippen LogP contribution in [0.15, 0.2) is 64.5 Å². The molecule has 2 heterocycles. The number of hydrogen-bond acceptors (Lipinski definition) is 4. The predicted molar refractivity (Wildman–Crippen MR) is 124 cm³/mol. The fraction of sp³-hybridized carbons (Fsp3) is 0.348. The van der Waals surface area contributed by atoms with E-state index < -0.39 is 10.0 Å². The fourth-order valence-electron chi connectivity index (χ4n) is 4.02. The van der Waals surface area contributed by atoms with E-state index in [9.17, 15) is 13.2 Å². The van der Waals surface area contributed by atoms with Gasteiger partial charge in [0.25, 0.3) is 0 Å². The van der Waals surface area contributed by atoms with Crippen LogP contribution in [0.3, 0.4) is 0 Å². The maximum Gasteiger partial charge on any atom is 0.243 e. The van der Waals surface area contributed by atoms with Gasteiger partial charge in [-0.15, -0.1) is 11.8 Å². The second-order valence-electron chi connectivity index (χ2n) is 7.92. The molecule has 1 aromatic heterocycles. The summed E-state index contributed by atoms with van der Waals surface area (Å²) < 4.78 is 29.9. The van der Waals surface area contributed by atoms with Gasteiger partial charge in [-0.3, -0.25) is 4.79 Å². The molecule has 0 aliphatic carbocycles. The third kappa shape index (κ3) is 4.66. The van der Waals surface area contributed by atoms with Gasteiger partial charge in [0.1, 0.15) is 0 Å². The Morgan fingerprint density at radius 2 is 1.94 bits per heavy atom. The number of sulfonamides is 1. The number of carbonyl (C=O) groups excluding carboxylic acids is 1. The first-order valence-electron chi connectivity index (χ1n) is 10.3. The number of hydrogen-bond donors (Lipinski definition) is 1. The number of thioether (sulfide) groups is 1. The normalized spacial score (nSPS) is 17.7. The van der Waals surface area contributed by atoms with Gasteiger partial charge in [0.15, 0.2) is 0 Å². The van der Waals surface area contributed by atoms with Crippen LogP contribution in [-0.2, 0) is 28.4 Å². The Labute approximate surface area is 187 Å². The van der Waals surface area contributed by atoms with Crippen LogP contribution >= 0.6 is 11.8 Å². The van der Waals surface area contributed by atoms with Crippen molar-refractivity contribution >= 4 is 38.6 Å². The second-order valence-corrected chi connectivity index (χ2v) is 10.7. The van der Waals surface area contributed by atoms with Crippen LogP contribution in [0, 0.1) is 5.92 Å². The van der Waals surface area contributed by atoms with Crippen LogP contribution in [0.5, 0.6) is 0 Å². The van der Waals surface area contributed by atoms with Gasteiger partial charge >= 0.3 is 0 Å². The molecule has 1 aliphatic rings. The molecule has 3 aromatic rings. The van der Waals surface area contributed by atoms with Crippen molar-refractivity contribution in [3.8, 4) is 0 Å². The molecule has 1 fully saturated rings. The predicted octanol–water partition coefficient (Wildman–Crippen LogP) is 3.62. The number of fused-ring (bicyclic) bond motifs is 1. The molecule has 8 heteroatoms. The highest BCUT2D eigenvalue weighted by Gasteiger charge is 2.33. The largest absolute Gasteiger partial charge is 0.352 e. The second kappa shape index (κ2) is 9.06. The minimum atomic E-state index is -3.64. The molecule has 1 aliphatic heterocycles. The Morgan fingerprint density at radius 1 is 1.16 bits per heavy atom. The quantitative estimate of drug-likeness (QED) is 0.574. The molecule has 1 atom stereocenters. The van der Waals surface area contributed by atoms with Crippen molar-refractivity contribution in [3.63, 3.8) is 0 Å². The monoisotopic (exact) mass is 457 g/mol. The van der Waals surface area contributed by atoms with Crippen LogP contribution < -0.4 is 5.32 Å². The van der Waals surface area contributed by atoms with Gasteiger partial charge in [0, 0.05) is 48.7 Å². The highest BCUT2D eigenvalue weighted by molar-refractivity contribution is 7.98. The zero-order valence-electron chi connectivity index (χ0n) is 17.7. The molecule has 0 radical (unpaired) electrons. The molecule has 1 amide bonds. The molecule has 0 bridgehead atoms. The average Bonchev–Trinajstić information content (AvgIpc) is 3.18. The van der Waals surface area contributed by atoms with Crippen molar-refractivity contribution in [2.75, 3.05) is 19.3 Å². The third-order valence-corrected chi connectivity index (χ3v) is 8.48. The molecule has 1 saturated heterocycles. The van der Waals surface area contributed by atoms with Gasteiger partial charge in [-0.05, 0) is 61.1 Å². The molecule has 0 unspecified atom stereocenters. The van der Waals surface area contributed by atoms with E-state index in [-0.39, 0.29) is 23.3 Å². The number of aromatic nitrogens is 1. The lowest BCUT2D eigenvalue weighted by molar-refractivity contribution is -0.126. The Hall–Kier alpha value is -2.29. The molecule has 164 valence electrons. The van der Waals surface area contributed by atoms with E-state index in [1.54, 1.807) is 23.9 Å². The van der Waals surface area contributed by atoms with Crippen molar-refractivity contribution in [3.05, 3.63) is 60.3 Å². The number of nitrogens with zero attached hydrogens (tertiary/aromatic N) is 2. The summed E-state index contributed by atoms with van der Waals surface area (Å²) in [5.41, 5.74) is 2.02. The number of nitrogens with one attached hydrogen (secondary N) is 1. The van der Waals surface area contributed by atoms with E-state index in [4.69, 9.17) is 0 Å². The maximum absolute atomic E-state index is 13.2. The zero-order valence-corrected chi connectivity index (χ0v) is 19.4. The number of carbonyl (C=O) groups is 1. The first-order valence-corrected chi connectivity index (χ1v) is 13.0. The van der Waals surface area contributed by atoms with Crippen LogP contribution in [0.1, 0.15) is 18.4 Å². The van der Waals surface area contributed by atoms with Gasteiger partial charge in [-0.25, -0.2) is 8.42 Å². The van der Waals surface area contributed by atoms with Crippen LogP contribution in [0.4, 0.5) is 0 Å². The standard InChI is InChI=1S/C23H27N3O3S2/c1-25-13-11-18-14-21(9-10-22(18)25)31(28,29)26-12-3-4-19(16-26)23(27)24-15-17-5-7-20(30-2)8-6-17/h5-11,13-14,19H,3-4,12,15-16H2,1-2H3,(H,24,27)/t19-/m0/s1. The van der Waals surface area contributed by atoms with Crippen LogP contribution in [0.2, 0.25) is 0 Å². The number of aryl methyl sites for hydroxylation is 1. The topological polar surface area (TPSA) is 71.4 Å². The van der Waals surface area contributed by atoms with Crippen molar-refractivity contribution in [1.82, 2.24) is 14.2 Å². The van der Waals surface area contributed by atoms with E-state index in [0.717, 1.165) is 16.5 Å². The first-order chi connectivity index (χ1) is 14.9. The van der Waals surface area contributed by atoms with Gasteiger partial charge in [0.05, 0.1) is 10.8 Å². The maximum atomic E-state index is 13.2. The Morgan fingerprint density at radius 3 is 2.68 bits per heavy atom. The lowest BCUT2D eigenvalue weighted by Gasteiger charge is -2.31. The third-order valence-electron chi connectivity index (χ3n) is 5.88. The molecule has 6 nitrogen and oxygen atoms in total. The van der Waals surface area contributed by atoms with Gasteiger partial charge in [-0.1, -0.05) is 12.1 Å². The molecule has 1 N–H and O–H groups in total.